The first-order valence-corrected chi connectivity index (χ1v) is 9.90. The first kappa shape index (κ1) is 21.2. The Balaban J connectivity index is 1.49. The molecule has 3 aromatic heterocycles. The summed E-state index contributed by atoms with van der Waals surface area (Å²) in [5.74, 6) is -0.336. The number of nitro groups is 1. The van der Waals surface area contributed by atoms with E-state index in [1.807, 2.05) is 18.2 Å². The number of hydrogen-bond acceptors (Lipinski definition) is 7. The van der Waals surface area contributed by atoms with Crippen LogP contribution in [0.2, 0.25) is 5.02 Å². The molecule has 0 saturated carbocycles. The highest BCUT2D eigenvalue weighted by Gasteiger charge is 2.24. The summed E-state index contributed by atoms with van der Waals surface area (Å²) in [5.41, 5.74) is 2.58. The van der Waals surface area contributed by atoms with Crippen LogP contribution in [0.3, 0.4) is 0 Å². The molecule has 4 aromatic rings. The summed E-state index contributed by atoms with van der Waals surface area (Å²) in [4.78, 5) is 23.2. The first-order valence-electron chi connectivity index (χ1n) is 9.52. The molecule has 4 rings (SSSR count). The average molecular weight is 456 g/mol. The van der Waals surface area contributed by atoms with Crippen LogP contribution in [0, 0.1) is 24.0 Å². The van der Waals surface area contributed by atoms with Gasteiger partial charge in [0.2, 0.25) is 0 Å². The van der Waals surface area contributed by atoms with Gasteiger partial charge >= 0.3 is 5.82 Å². The smallest absolute Gasteiger partial charge is 0.361 e. The fraction of sp³-hybridized carbons (Fsp3) is 0.200. The van der Waals surface area contributed by atoms with Crippen molar-refractivity contribution in [3.05, 3.63) is 86.1 Å². The lowest BCUT2D eigenvalue weighted by atomic mass is 10.2. The van der Waals surface area contributed by atoms with Gasteiger partial charge in [-0.2, -0.15) is 9.78 Å². The van der Waals surface area contributed by atoms with Gasteiger partial charge in [0.15, 0.2) is 5.69 Å². The molecule has 1 amide bonds. The van der Waals surface area contributed by atoms with Crippen molar-refractivity contribution >= 4 is 29.0 Å². The van der Waals surface area contributed by atoms with Gasteiger partial charge in [-0.25, -0.2) is 0 Å². The maximum Gasteiger partial charge on any atom is 0.390 e. The molecule has 32 heavy (non-hydrogen) atoms. The Morgan fingerprint density at radius 1 is 1.28 bits per heavy atom. The molecule has 0 radical (unpaired) electrons. The SMILES string of the molecule is Cc1onc(C(=O)Nc2cnn(Cc3cccc(Cl)c3)c2)c1Cn1nc([N+](=O)[O-])cc1C. The minimum Gasteiger partial charge on any atom is -0.361 e. The van der Waals surface area contributed by atoms with Crippen LogP contribution < -0.4 is 5.32 Å². The van der Waals surface area contributed by atoms with E-state index in [2.05, 4.69) is 20.7 Å². The fourth-order valence-corrected chi connectivity index (χ4v) is 3.39. The monoisotopic (exact) mass is 455 g/mol. The molecule has 1 aromatic carbocycles. The van der Waals surface area contributed by atoms with Gasteiger partial charge in [0.25, 0.3) is 5.91 Å². The van der Waals surface area contributed by atoms with Crippen LogP contribution in [-0.4, -0.2) is 35.5 Å². The van der Waals surface area contributed by atoms with E-state index in [-0.39, 0.29) is 18.1 Å². The Hall–Kier alpha value is -3.99. The quantitative estimate of drug-likeness (QED) is 0.332. The number of hydrogen-bond donors (Lipinski definition) is 1. The summed E-state index contributed by atoms with van der Waals surface area (Å²) in [6.07, 6.45) is 3.21. The fourth-order valence-electron chi connectivity index (χ4n) is 3.17. The topological polar surface area (TPSA) is 134 Å². The number of amides is 1. The van der Waals surface area contributed by atoms with Crippen LogP contribution >= 0.6 is 11.6 Å². The molecule has 164 valence electrons. The predicted molar refractivity (Wildman–Crippen MR) is 115 cm³/mol. The van der Waals surface area contributed by atoms with Crippen molar-refractivity contribution in [2.24, 2.45) is 0 Å². The lowest BCUT2D eigenvalue weighted by molar-refractivity contribution is -0.389. The Labute approximate surface area is 186 Å². The van der Waals surface area contributed by atoms with Gasteiger partial charge in [-0.15, -0.1) is 0 Å². The summed E-state index contributed by atoms with van der Waals surface area (Å²) in [7, 11) is 0. The third-order valence-electron chi connectivity index (χ3n) is 4.79. The minimum absolute atomic E-state index is 0.0719. The first-order chi connectivity index (χ1) is 15.3. The van der Waals surface area contributed by atoms with Gasteiger partial charge in [-0.05, 0) is 36.5 Å². The maximum atomic E-state index is 12.8. The zero-order valence-corrected chi connectivity index (χ0v) is 17.9. The Kier molecular flexibility index (Phi) is 5.73. The van der Waals surface area contributed by atoms with Crippen molar-refractivity contribution in [2.75, 3.05) is 5.32 Å². The summed E-state index contributed by atoms with van der Waals surface area (Å²) in [5, 5.41) is 26.4. The number of rotatable bonds is 7. The van der Waals surface area contributed by atoms with Gasteiger partial charge in [-0.1, -0.05) is 28.9 Å². The molecule has 0 fully saturated rings. The van der Waals surface area contributed by atoms with Gasteiger partial charge in [-0.3, -0.25) is 9.48 Å². The van der Waals surface area contributed by atoms with E-state index in [4.69, 9.17) is 16.1 Å². The van der Waals surface area contributed by atoms with Crippen LogP contribution in [-0.2, 0) is 13.1 Å². The van der Waals surface area contributed by atoms with E-state index >= 15 is 0 Å². The number of anilines is 1. The van der Waals surface area contributed by atoms with Crippen molar-refractivity contribution in [1.29, 1.82) is 0 Å². The van der Waals surface area contributed by atoms with E-state index in [0.29, 0.717) is 34.3 Å². The minimum atomic E-state index is -0.571. The largest absolute Gasteiger partial charge is 0.390 e. The number of halogens is 1. The number of benzene rings is 1. The standard InChI is InChI=1S/C20H18ClN7O4/c1-12-6-18(28(30)31)24-27(12)11-17-13(2)32-25-19(17)20(29)23-16-8-22-26(10-16)9-14-4-3-5-15(21)7-14/h3-8,10H,9,11H2,1-2H3,(H,23,29). The number of carbonyl (C=O) groups is 1. The van der Waals surface area contributed by atoms with Gasteiger partial charge in [0.1, 0.15) is 5.76 Å². The van der Waals surface area contributed by atoms with E-state index in [0.717, 1.165) is 5.56 Å². The van der Waals surface area contributed by atoms with Crippen LogP contribution in [0.4, 0.5) is 11.5 Å². The van der Waals surface area contributed by atoms with E-state index in [1.165, 1.54) is 16.9 Å². The maximum absolute atomic E-state index is 12.8. The van der Waals surface area contributed by atoms with Crippen molar-refractivity contribution in [3.8, 4) is 0 Å². The zero-order chi connectivity index (χ0) is 22.8. The number of aryl methyl sites for hydroxylation is 2. The van der Waals surface area contributed by atoms with Crippen molar-refractivity contribution in [1.82, 2.24) is 24.7 Å². The highest BCUT2D eigenvalue weighted by molar-refractivity contribution is 6.30. The Morgan fingerprint density at radius 3 is 2.81 bits per heavy atom. The van der Waals surface area contributed by atoms with Crippen LogP contribution in [0.5, 0.6) is 0 Å². The molecule has 0 saturated heterocycles. The van der Waals surface area contributed by atoms with Crippen LogP contribution in [0.15, 0.2) is 47.2 Å². The second-order valence-corrected chi connectivity index (χ2v) is 7.57. The van der Waals surface area contributed by atoms with Crippen molar-refractivity contribution < 1.29 is 14.2 Å². The molecule has 0 spiro atoms. The van der Waals surface area contributed by atoms with E-state index in [9.17, 15) is 14.9 Å². The third kappa shape index (κ3) is 4.52. The molecule has 0 bridgehead atoms. The lowest BCUT2D eigenvalue weighted by Crippen LogP contribution is -2.16. The number of nitrogens with one attached hydrogen (secondary N) is 1. The molecule has 0 unspecified atom stereocenters. The second kappa shape index (κ2) is 8.63. The second-order valence-electron chi connectivity index (χ2n) is 7.14. The molecule has 0 aliphatic heterocycles. The highest BCUT2D eigenvalue weighted by atomic mass is 35.5. The molecule has 12 heteroatoms. The molecule has 1 N–H and O–H groups in total. The molecule has 0 atom stereocenters. The molecular weight excluding hydrogens is 438 g/mol. The number of aromatic nitrogens is 5. The highest BCUT2D eigenvalue weighted by Crippen LogP contribution is 2.20. The van der Waals surface area contributed by atoms with Gasteiger partial charge in [0.05, 0.1) is 47.4 Å². The van der Waals surface area contributed by atoms with Crippen molar-refractivity contribution in [3.63, 3.8) is 0 Å². The molecule has 0 aliphatic carbocycles. The molecule has 0 aliphatic rings. The molecule has 3 heterocycles. The number of carbonyl (C=O) groups excluding carboxylic acids is 1. The van der Waals surface area contributed by atoms with Crippen LogP contribution in [0.1, 0.15) is 33.1 Å². The van der Waals surface area contributed by atoms with E-state index in [1.54, 1.807) is 30.8 Å². The predicted octanol–water partition coefficient (Wildman–Crippen LogP) is 3.59. The van der Waals surface area contributed by atoms with Crippen molar-refractivity contribution in [2.45, 2.75) is 26.9 Å². The third-order valence-corrected chi connectivity index (χ3v) is 5.02. The summed E-state index contributed by atoms with van der Waals surface area (Å²) in [6, 6.07) is 8.77. The van der Waals surface area contributed by atoms with E-state index < -0.39 is 10.8 Å². The average Bonchev–Trinajstić information content (AvgIpc) is 3.43. The molecule has 11 nitrogen and oxygen atoms in total. The van der Waals surface area contributed by atoms with Gasteiger partial charge in [0, 0.05) is 11.2 Å². The summed E-state index contributed by atoms with van der Waals surface area (Å²) >= 11 is 6.01. The zero-order valence-electron chi connectivity index (χ0n) is 17.1. The Bertz CT molecular complexity index is 1310. The summed E-state index contributed by atoms with van der Waals surface area (Å²) < 4.78 is 8.29. The number of nitrogens with zero attached hydrogens (tertiary/aromatic N) is 6. The Morgan fingerprint density at radius 2 is 2.09 bits per heavy atom. The summed E-state index contributed by atoms with van der Waals surface area (Å²) in [6.45, 7) is 3.94. The van der Waals surface area contributed by atoms with Gasteiger partial charge < -0.3 is 20.0 Å². The normalized spacial score (nSPS) is 11.0. The van der Waals surface area contributed by atoms with Crippen LogP contribution in [0.25, 0.3) is 0 Å². The lowest BCUT2D eigenvalue weighted by Gasteiger charge is -2.04. The molecular formula is C20H18ClN7O4.